The molecule has 0 radical (unpaired) electrons. The molecular weight excluding hydrogens is 803 g/mol. The molecule has 0 aliphatic rings. The molecule has 0 aliphatic heterocycles. The van der Waals surface area contributed by atoms with Crippen LogP contribution in [0.15, 0.2) is 36.5 Å². The Balaban J connectivity index is 3.54. The van der Waals surface area contributed by atoms with Crippen LogP contribution in [0.25, 0.3) is 0 Å². The Hall–Kier alpha value is -1.92. The second-order valence-electron chi connectivity index (χ2n) is 19.6. The average molecular weight is 915 g/mol. The maximum Gasteiger partial charge on any atom is 0.305 e. The number of carbonyl (C=O) groups is 2. The van der Waals surface area contributed by atoms with Crippen LogP contribution in [0.2, 0.25) is 0 Å². The van der Waals surface area contributed by atoms with Crippen LogP contribution < -0.4 is 5.32 Å². The van der Waals surface area contributed by atoms with Gasteiger partial charge in [0.05, 0.1) is 25.4 Å². The molecule has 0 aromatic carbocycles. The normalized spacial score (nSPS) is 12.9. The van der Waals surface area contributed by atoms with E-state index in [1.54, 1.807) is 6.08 Å². The zero-order chi connectivity index (χ0) is 47.2. The predicted octanol–water partition coefficient (Wildman–Crippen LogP) is 17.6. The molecule has 1 amide bonds. The summed E-state index contributed by atoms with van der Waals surface area (Å²) in [5, 5.41) is 23.2. The number of esters is 1. The second kappa shape index (κ2) is 54.7. The number of nitrogens with one attached hydrogen (secondary N) is 1. The van der Waals surface area contributed by atoms with E-state index in [2.05, 4.69) is 43.5 Å². The van der Waals surface area contributed by atoms with Gasteiger partial charge in [-0.2, -0.15) is 0 Å². The van der Waals surface area contributed by atoms with E-state index in [4.69, 9.17) is 4.74 Å². The molecule has 6 nitrogen and oxygen atoms in total. The van der Waals surface area contributed by atoms with E-state index >= 15 is 0 Å². The molecule has 0 bridgehead atoms. The topological polar surface area (TPSA) is 95.9 Å². The third-order valence-corrected chi connectivity index (χ3v) is 13.1. The molecule has 2 unspecified atom stereocenters. The van der Waals surface area contributed by atoms with Crippen LogP contribution in [0.3, 0.4) is 0 Å². The van der Waals surface area contributed by atoms with Crippen molar-refractivity contribution in [3.8, 4) is 0 Å². The first kappa shape index (κ1) is 63.1. The van der Waals surface area contributed by atoms with Crippen LogP contribution in [-0.2, 0) is 14.3 Å². The van der Waals surface area contributed by atoms with Gasteiger partial charge in [0.1, 0.15) is 0 Å². The van der Waals surface area contributed by atoms with Crippen molar-refractivity contribution in [1.82, 2.24) is 5.32 Å². The van der Waals surface area contributed by atoms with Crippen LogP contribution in [0.4, 0.5) is 0 Å². The Morgan fingerprint density at radius 3 is 1.12 bits per heavy atom. The van der Waals surface area contributed by atoms with Gasteiger partial charge in [-0.15, -0.1) is 0 Å². The summed E-state index contributed by atoms with van der Waals surface area (Å²) in [6, 6.07) is -0.648. The van der Waals surface area contributed by atoms with Crippen molar-refractivity contribution in [2.75, 3.05) is 13.2 Å². The minimum absolute atomic E-state index is 0.0343. The summed E-state index contributed by atoms with van der Waals surface area (Å²) < 4.78 is 5.43. The third-order valence-electron chi connectivity index (χ3n) is 13.1. The lowest BCUT2D eigenvalue weighted by Crippen LogP contribution is -2.45. The first-order valence-electron chi connectivity index (χ1n) is 28.8. The van der Waals surface area contributed by atoms with E-state index in [0.717, 1.165) is 83.5 Å². The fraction of sp³-hybridized carbons (Fsp3) is 0.864. The third kappa shape index (κ3) is 51.3. The van der Waals surface area contributed by atoms with Crippen molar-refractivity contribution in [3.05, 3.63) is 36.5 Å². The molecule has 0 saturated carbocycles. The van der Waals surface area contributed by atoms with Gasteiger partial charge in [0.25, 0.3) is 0 Å². The number of aliphatic hydroxyl groups excluding tert-OH is 2. The van der Waals surface area contributed by atoms with Gasteiger partial charge in [-0.05, 0) is 89.9 Å². The van der Waals surface area contributed by atoms with Crippen molar-refractivity contribution in [3.63, 3.8) is 0 Å². The number of hydrogen-bond acceptors (Lipinski definition) is 5. The molecular formula is C59H111NO5. The van der Waals surface area contributed by atoms with E-state index in [1.165, 1.54) is 193 Å². The highest BCUT2D eigenvalue weighted by Gasteiger charge is 2.18. The van der Waals surface area contributed by atoms with Crippen molar-refractivity contribution >= 4 is 11.9 Å². The number of carbonyl (C=O) groups excluding carboxylic acids is 2. The molecule has 2 atom stereocenters. The van der Waals surface area contributed by atoms with E-state index in [0.29, 0.717) is 19.4 Å². The molecule has 0 rings (SSSR count). The van der Waals surface area contributed by atoms with Crippen molar-refractivity contribution < 1.29 is 24.5 Å². The van der Waals surface area contributed by atoms with Crippen LogP contribution in [0.1, 0.15) is 303 Å². The summed E-state index contributed by atoms with van der Waals surface area (Å²) in [6.45, 7) is 4.83. The minimum atomic E-state index is -0.862. The fourth-order valence-corrected chi connectivity index (χ4v) is 8.68. The smallest absolute Gasteiger partial charge is 0.305 e. The molecule has 6 heteroatoms. The van der Waals surface area contributed by atoms with Gasteiger partial charge >= 0.3 is 5.97 Å². The molecule has 0 aromatic heterocycles. The quantitative estimate of drug-likeness (QED) is 0.0321. The van der Waals surface area contributed by atoms with Gasteiger partial charge in [0.15, 0.2) is 0 Å². The number of hydrogen-bond donors (Lipinski definition) is 3. The highest BCUT2D eigenvalue weighted by Crippen LogP contribution is 2.17. The minimum Gasteiger partial charge on any atom is -0.466 e. The first-order valence-corrected chi connectivity index (χ1v) is 28.8. The van der Waals surface area contributed by atoms with Gasteiger partial charge in [-0.3, -0.25) is 9.59 Å². The van der Waals surface area contributed by atoms with Crippen molar-refractivity contribution in [1.29, 1.82) is 0 Å². The van der Waals surface area contributed by atoms with Crippen LogP contribution >= 0.6 is 0 Å². The van der Waals surface area contributed by atoms with E-state index in [1.807, 2.05) is 6.08 Å². The fourth-order valence-electron chi connectivity index (χ4n) is 8.68. The molecule has 0 aromatic rings. The van der Waals surface area contributed by atoms with Crippen LogP contribution in [0.5, 0.6) is 0 Å². The highest BCUT2D eigenvalue weighted by atomic mass is 16.5. The summed E-state index contributed by atoms with van der Waals surface area (Å²) in [4.78, 5) is 24.5. The Morgan fingerprint density at radius 2 is 0.723 bits per heavy atom. The van der Waals surface area contributed by atoms with Crippen LogP contribution in [0, 0.1) is 0 Å². The van der Waals surface area contributed by atoms with Gasteiger partial charge in [-0.25, -0.2) is 0 Å². The summed E-state index contributed by atoms with van der Waals surface area (Å²) in [5.41, 5.74) is 0. The zero-order valence-corrected chi connectivity index (χ0v) is 43.5. The molecule has 65 heavy (non-hydrogen) atoms. The highest BCUT2D eigenvalue weighted by molar-refractivity contribution is 5.76. The molecule has 3 N–H and O–H groups in total. The molecule has 0 saturated heterocycles. The van der Waals surface area contributed by atoms with Gasteiger partial charge in [-0.1, -0.05) is 237 Å². The van der Waals surface area contributed by atoms with Gasteiger partial charge in [0, 0.05) is 12.8 Å². The van der Waals surface area contributed by atoms with E-state index in [-0.39, 0.29) is 18.5 Å². The Bertz CT molecular complexity index is 1060. The molecule has 0 spiro atoms. The Morgan fingerprint density at radius 1 is 0.415 bits per heavy atom. The van der Waals surface area contributed by atoms with Gasteiger partial charge in [0.2, 0.25) is 5.91 Å². The SMILES string of the molecule is CCCCC/C=C\CCCCCCCC(=O)OCCCCC/C=C\CCCCCCCC(=O)NC(CO)C(O)/C=C/CCCCCCCCCCCCCCCCCCCCCCCC. The summed E-state index contributed by atoms with van der Waals surface area (Å²) >= 11 is 0. The zero-order valence-electron chi connectivity index (χ0n) is 43.5. The molecule has 0 heterocycles. The lowest BCUT2D eigenvalue weighted by atomic mass is 10.0. The average Bonchev–Trinajstić information content (AvgIpc) is 3.31. The van der Waals surface area contributed by atoms with E-state index in [9.17, 15) is 19.8 Å². The number of amides is 1. The predicted molar refractivity (Wildman–Crippen MR) is 283 cm³/mol. The molecule has 382 valence electrons. The Labute approximate surface area is 404 Å². The summed E-state index contributed by atoms with van der Waals surface area (Å²) in [7, 11) is 0. The number of unbranched alkanes of at least 4 members (excludes halogenated alkanes) is 38. The monoisotopic (exact) mass is 914 g/mol. The summed E-state index contributed by atoms with van der Waals surface area (Å²) in [6.07, 6.45) is 67.4. The second-order valence-corrected chi connectivity index (χ2v) is 19.6. The maximum atomic E-state index is 12.5. The lowest BCUT2D eigenvalue weighted by molar-refractivity contribution is -0.143. The van der Waals surface area contributed by atoms with E-state index < -0.39 is 12.1 Å². The standard InChI is InChI=1S/C59H111NO5/c1-3-5-7-9-11-13-15-17-18-19-20-21-22-23-24-25-26-27-28-31-35-39-43-47-51-57(62)56(55-61)60-58(63)52-48-44-40-36-32-29-30-34-38-42-46-50-54-65-59(64)53-49-45-41-37-33-16-14-12-10-8-6-4-2/h12,14,30,34,47,51,56-57,61-62H,3-11,13,15-29,31-33,35-46,48-50,52-55H2,1-2H3,(H,60,63)/b14-12-,34-30-,51-47+. The number of ether oxygens (including phenoxy) is 1. The number of allylic oxidation sites excluding steroid dienone is 5. The molecule has 0 aliphatic carbocycles. The number of rotatable bonds is 53. The summed E-state index contributed by atoms with van der Waals surface area (Å²) in [5.74, 6) is -0.127. The maximum absolute atomic E-state index is 12.5. The Kier molecular flexibility index (Phi) is 53.1. The first-order chi connectivity index (χ1) is 32.0. The molecule has 0 fully saturated rings. The van der Waals surface area contributed by atoms with Crippen molar-refractivity contribution in [2.45, 2.75) is 315 Å². The van der Waals surface area contributed by atoms with Gasteiger partial charge < -0.3 is 20.3 Å². The van der Waals surface area contributed by atoms with Crippen molar-refractivity contribution in [2.24, 2.45) is 0 Å². The lowest BCUT2D eigenvalue weighted by Gasteiger charge is -2.20. The van der Waals surface area contributed by atoms with Crippen LogP contribution in [-0.4, -0.2) is 47.4 Å². The number of aliphatic hydroxyl groups is 2. The largest absolute Gasteiger partial charge is 0.466 e.